The summed E-state index contributed by atoms with van der Waals surface area (Å²) in [6, 6.07) is 0. The lowest BCUT2D eigenvalue weighted by molar-refractivity contribution is -0.139. The number of piperidine rings is 1. The number of rotatable bonds is 7. The van der Waals surface area contributed by atoms with Crippen molar-refractivity contribution in [3.63, 3.8) is 0 Å². The molecule has 0 bridgehead atoms. The Morgan fingerprint density at radius 2 is 1.83 bits per heavy atom. The van der Waals surface area contributed by atoms with Crippen LogP contribution in [0.2, 0.25) is 0 Å². The SMILES string of the molecule is CC(C)COCCOCC(=O)N1CCC(=O)CC1. The van der Waals surface area contributed by atoms with E-state index >= 15 is 0 Å². The van der Waals surface area contributed by atoms with Crippen LogP contribution in [0.4, 0.5) is 0 Å². The molecule has 1 aliphatic heterocycles. The molecule has 0 aromatic rings. The predicted molar refractivity (Wildman–Crippen MR) is 67.3 cm³/mol. The van der Waals surface area contributed by atoms with E-state index in [1.807, 2.05) is 0 Å². The van der Waals surface area contributed by atoms with Crippen molar-refractivity contribution in [3.05, 3.63) is 0 Å². The lowest BCUT2D eigenvalue weighted by Gasteiger charge is -2.25. The minimum absolute atomic E-state index is 0.0358. The molecular formula is C13H23NO4. The van der Waals surface area contributed by atoms with E-state index in [1.54, 1.807) is 4.90 Å². The summed E-state index contributed by atoms with van der Waals surface area (Å²) < 4.78 is 10.6. The van der Waals surface area contributed by atoms with Crippen LogP contribution < -0.4 is 0 Å². The van der Waals surface area contributed by atoms with Crippen molar-refractivity contribution in [3.8, 4) is 0 Å². The molecule has 0 aromatic carbocycles. The number of carbonyl (C=O) groups excluding carboxylic acids is 2. The number of nitrogens with zero attached hydrogens (tertiary/aromatic N) is 1. The fraction of sp³-hybridized carbons (Fsp3) is 0.846. The Morgan fingerprint density at radius 1 is 1.22 bits per heavy atom. The Labute approximate surface area is 108 Å². The molecule has 5 nitrogen and oxygen atoms in total. The van der Waals surface area contributed by atoms with Crippen LogP contribution >= 0.6 is 0 Å². The Balaban J connectivity index is 2.01. The van der Waals surface area contributed by atoms with Crippen molar-refractivity contribution < 1.29 is 19.1 Å². The van der Waals surface area contributed by atoms with Crippen molar-refractivity contribution in [1.82, 2.24) is 4.90 Å². The maximum absolute atomic E-state index is 11.7. The van der Waals surface area contributed by atoms with Gasteiger partial charge in [0, 0.05) is 32.5 Å². The van der Waals surface area contributed by atoms with Gasteiger partial charge in [0.2, 0.25) is 5.91 Å². The van der Waals surface area contributed by atoms with E-state index in [0.29, 0.717) is 51.7 Å². The van der Waals surface area contributed by atoms with Crippen LogP contribution in [0.3, 0.4) is 0 Å². The van der Waals surface area contributed by atoms with Crippen LogP contribution in [0, 0.1) is 5.92 Å². The van der Waals surface area contributed by atoms with E-state index in [0.717, 1.165) is 0 Å². The summed E-state index contributed by atoms with van der Waals surface area (Å²) in [4.78, 5) is 24.4. The first-order chi connectivity index (χ1) is 8.59. The van der Waals surface area contributed by atoms with Gasteiger partial charge in [-0.1, -0.05) is 13.8 Å². The van der Waals surface area contributed by atoms with Gasteiger partial charge in [-0.15, -0.1) is 0 Å². The zero-order valence-corrected chi connectivity index (χ0v) is 11.3. The third kappa shape index (κ3) is 6.12. The average Bonchev–Trinajstić information content (AvgIpc) is 2.34. The predicted octanol–water partition coefficient (Wildman–Crippen LogP) is 0.867. The summed E-state index contributed by atoms with van der Waals surface area (Å²) in [7, 11) is 0. The van der Waals surface area contributed by atoms with Crippen molar-refractivity contribution >= 4 is 11.7 Å². The summed E-state index contributed by atoms with van der Waals surface area (Å²) in [5.74, 6) is 0.714. The quantitative estimate of drug-likeness (QED) is 0.635. The number of carbonyl (C=O) groups is 2. The zero-order chi connectivity index (χ0) is 13.4. The number of likely N-dealkylation sites (tertiary alicyclic amines) is 1. The molecule has 1 saturated heterocycles. The fourth-order valence-electron chi connectivity index (χ4n) is 1.69. The number of ketones is 1. The van der Waals surface area contributed by atoms with Gasteiger partial charge in [0.15, 0.2) is 0 Å². The average molecular weight is 257 g/mol. The highest BCUT2D eigenvalue weighted by molar-refractivity contribution is 5.83. The zero-order valence-electron chi connectivity index (χ0n) is 11.3. The van der Waals surface area contributed by atoms with Gasteiger partial charge in [-0.3, -0.25) is 9.59 Å². The normalized spacial score (nSPS) is 16.4. The second-order valence-electron chi connectivity index (χ2n) is 4.94. The topological polar surface area (TPSA) is 55.8 Å². The van der Waals surface area contributed by atoms with E-state index < -0.39 is 0 Å². The molecular weight excluding hydrogens is 234 g/mol. The molecule has 0 aliphatic carbocycles. The van der Waals surface area contributed by atoms with Crippen molar-refractivity contribution in [2.24, 2.45) is 5.92 Å². The Hall–Kier alpha value is -0.940. The molecule has 0 radical (unpaired) electrons. The third-order valence-corrected chi connectivity index (χ3v) is 2.72. The summed E-state index contributed by atoms with van der Waals surface area (Å²) in [5.41, 5.74) is 0. The van der Waals surface area contributed by atoms with Gasteiger partial charge in [-0.25, -0.2) is 0 Å². The summed E-state index contributed by atoms with van der Waals surface area (Å²) in [6.07, 6.45) is 0.951. The van der Waals surface area contributed by atoms with Crippen LogP contribution in [-0.4, -0.2) is 56.1 Å². The molecule has 1 rings (SSSR count). The molecule has 1 fully saturated rings. The standard InChI is InChI=1S/C13H23NO4/c1-11(2)9-17-7-8-18-10-13(16)14-5-3-12(15)4-6-14/h11H,3-10H2,1-2H3. The lowest BCUT2D eigenvalue weighted by atomic mass is 10.1. The van der Waals surface area contributed by atoms with E-state index in [-0.39, 0.29) is 18.3 Å². The van der Waals surface area contributed by atoms with E-state index in [2.05, 4.69) is 13.8 Å². The third-order valence-electron chi connectivity index (χ3n) is 2.72. The molecule has 1 aliphatic rings. The number of ether oxygens (including phenoxy) is 2. The van der Waals surface area contributed by atoms with Gasteiger partial charge in [0.1, 0.15) is 12.4 Å². The molecule has 0 saturated carbocycles. The van der Waals surface area contributed by atoms with Crippen LogP contribution in [-0.2, 0) is 19.1 Å². The van der Waals surface area contributed by atoms with E-state index in [9.17, 15) is 9.59 Å². The number of Topliss-reactive ketones (excluding diaryl/α,β-unsaturated/α-hetero) is 1. The maximum Gasteiger partial charge on any atom is 0.248 e. The molecule has 1 heterocycles. The minimum Gasteiger partial charge on any atom is -0.379 e. The molecule has 5 heteroatoms. The number of hydrogen-bond acceptors (Lipinski definition) is 4. The Bertz CT molecular complexity index is 268. The van der Waals surface area contributed by atoms with E-state index in [1.165, 1.54) is 0 Å². The van der Waals surface area contributed by atoms with Gasteiger partial charge in [0.25, 0.3) is 0 Å². The molecule has 1 amide bonds. The fourth-order valence-corrected chi connectivity index (χ4v) is 1.69. The Morgan fingerprint density at radius 3 is 2.44 bits per heavy atom. The lowest BCUT2D eigenvalue weighted by Crippen LogP contribution is -2.40. The first kappa shape index (κ1) is 15.1. The molecule has 18 heavy (non-hydrogen) atoms. The second kappa shape index (κ2) is 8.21. The molecule has 104 valence electrons. The van der Waals surface area contributed by atoms with Crippen molar-refractivity contribution in [2.75, 3.05) is 39.5 Å². The van der Waals surface area contributed by atoms with Gasteiger partial charge < -0.3 is 14.4 Å². The van der Waals surface area contributed by atoms with Gasteiger partial charge in [-0.05, 0) is 5.92 Å². The molecule has 0 spiro atoms. The van der Waals surface area contributed by atoms with Crippen LogP contribution in [0.15, 0.2) is 0 Å². The maximum atomic E-state index is 11.7. The Kier molecular flexibility index (Phi) is 6.90. The first-order valence-corrected chi connectivity index (χ1v) is 6.54. The molecule has 0 atom stereocenters. The van der Waals surface area contributed by atoms with Crippen molar-refractivity contribution in [1.29, 1.82) is 0 Å². The van der Waals surface area contributed by atoms with Gasteiger partial charge in [0.05, 0.1) is 13.2 Å². The molecule has 0 N–H and O–H groups in total. The van der Waals surface area contributed by atoms with E-state index in [4.69, 9.17) is 9.47 Å². The smallest absolute Gasteiger partial charge is 0.248 e. The molecule has 0 unspecified atom stereocenters. The van der Waals surface area contributed by atoms with Crippen LogP contribution in [0.5, 0.6) is 0 Å². The summed E-state index contributed by atoms with van der Waals surface area (Å²) in [6.45, 7) is 6.99. The van der Waals surface area contributed by atoms with Gasteiger partial charge >= 0.3 is 0 Å². The van der Waals surface area contributed by atoms with Gasteiger partial charge in [-0.2, -0.15) is 0 Å². The highest BCUT2D eigenvalue weighted by Crippen LogP contribution is 2.05. The first-order valence-electron chi connectivity index (χ1n) is 6.54. The summed E-state index contributed by atoms with van der Waals surface area (Å²) in [5, 5.41) is 0. The highest BCUT2D eigenvalue weighted by atomic mass is 16.5. The second-order valence-corrected chi connectivity index (χ2v) is 4.94. The summed E-state index contributed by atoms with van der Waals surface area (Å²) >= 11 is 0. The number of amides is 1. The highest BCUT2D eigenvalue weighted by Gasteiger charge is 2.20. The van der Waals surface area contributed by atoms with Crippen LogP contribution in [0.25, 0.3) is 0 Å². The van der Waals surface area contributed by atoms with Crippen molar-refractivity contribution in [2.45, 2.75) is 26.7 Å². The number of hydrogen-bond donors (Lipinski definition) is 0. The monoisotopic (exact) mass is 257 g/mol. The largest absolute Gasteiger partial charge is 0.379 e. The van der Waals surface area contributed by atoms with Crippen LogP contribution in [0.1, 0.15) is 26.7 Å². The molecule has 0 aromatic heterocycles. The minimum atomic E-state index is -0.0358.